The van der Waals surface area contributed by atoms with E-state index in [0.717, 1.165) is 17.3 Å². The van der Waals surface area contributed by atoms with Crippen LogP contribution in [0.5, 0.6) is 0 Å². The number of anilines is 1. The first kappa shape index (κ1) is 16.6. The Kier molecular flexibility index (Phi) is 5.04. The predicted molar refractivity (Wildman–Crippen MR) is 98.8 cm³/mol. The number of hydrogen-bond acceptors (Lipinski definition) is 3. The van der Waals surface area contributed by atoms with Crippen LogP contribution in [0.25, 0.3) is 10.9 Å². The van der Waals surface area contributed by atoms with E-state index in [1.54, 1.807) is 30.3 Å². The number of carbonyl (C=O) groups excluding carboxylic acids is 2. The van der Waals surface area contributed by atoms with Crippen LogP contribution < -0.4 is 10.6 Å². The van der Waals surface area contributed by atoms with E-state index in [1.165, 1.54) is 0 Å². The van der Waals surface area contributed by atoms with Gasteiger partial charge in [-0.3, -0.25) is 9.59 Å². The largest absolute Gasteiger partial charge is 0.352 e. The molecule has 0 aliphatic rings. The van der Waals surface area contributed by atoms with Gasteiger partial charge in [0.25, 0.3) is 11.8 Å². The Morgan fingerprint density at radius 2 is 1.68 bits per heavy atom. The molecular weight excluding hydrogens is 314 g/mol. The second kappa shape index (κ2) is 7.57. The van der Waals surface area contributed by atoms with Gasteiger partial charge in [0.2, 0.25) is 0 Å². The van der Waals surface area contributed by atoms with Crippen LogP contribution in [0.4, 0.5) is 5.69 Å². The normalized spacial score (nSPS) is 10.4. The van der Waals surface area contributed by atoms with Crippen LogP contribution in [0.3, 0.4) is 0 Å². The molecule has 3 rings (SSSR count). The highest BCUT2D eigenvalue weighted by molar-refractivity contribution is 6.04. The van der Waals surface area contributed by atoms with Gasteiger partial charge in [-0.2, -0.15) is 0 Å². The van der Waals surface area contributed by atoms with Gasteiger partial charge in [0.15, 0.2) is 0 Å². The zero-order chi connectivity index (χ0) is 17.6. The van der Waals surface area contributed by atoms with Crippen molar-refractivity contribution in [1.82, 2.24) is 10.3 Å². The Labute approximate surface area is 146 Å². The first-order valence-electron chi connectivity index (χ1n) is 8.23. The molecule has 2 aromatic carbocycles. The zero-order valence-corrected chi connectivity index (χ0v) is 14.0. The van der Waals surface area contributed by atoms with Gasteiger partial charge in [0.05, 0.1) is 5.52 Å². The second-order valence-corrected chi connectivity index (χ2v) is 5.68. The molecule has 5 heteroatoms. The summed E-state index contributed by atoms with van der Waals surface area (Å²) in [6, 6.07) is 18.0. The predicted octanol–water partition coefficient (Wildman–Crippen LogP) is 3.63. The van der Waals surface area contributed by atoms with Gasteiger partial charge in [-0.1, -0.05) is 31.2 Å². The van der Waals surface area contributed by atoms with E-state index in [2.05, 4.69) is 15.6 Å². The molecule has 0 unspecified atom stereocenters. The van der Waals surface area contributed by atoms with Crippen LogP contribution in [0.2, 0.25) is 0 Å². The molecule has 0 spiro atoms. The lowest BCUT2D eigenvalue weighted by Gasteiger charge is -2.07. The molecule has 25 heavy (non-hydrogen) atoms. The number of para-hydroxylation sites is 1. The number of benzene rings is 2. The lowest BCUT2D eigenvalue weighted by atomic mass is 10.2. The summed E-state index contributed by atoms with van der Waals surface area (Å²) < 4.78 is 0. The fraction of sp³-hybridized carbons (Fsp3) is 0.150. The molecule has 1 heterocycles. The van der Waals surface area contributed by atoms with Gasteiger partial charge >= 0.3 is 0 Å². The summed E-state index contributed by atoms with van der Waals surface area (Å²) in [4.78, 5) is 28.6. The smallest absolute Gasteiger partial charge is 0.274 e. The Hall–Kier alpha value is -3.21. The van der Waals surface area contributed by atoms with Crippen molar-refractivity contribution >= 4 is 28.4 Å². The molecule has 0 bridgehead atoms. The number of hydrogen-bond donors (Lipinski definition) is 2. The van der Waals surface area contributed by atoms with E-state index in [1.807, 2.05) is 37.3 Å². The summed E-state index contributed by atoms with van der Waals surface area (Å²) in [7, 11) is 0. The van der Waals surface area contributed by atoms with Gasteiger partial charge in [-0.05, 0) is 42.8 Å². The summed E-state index contributed by atoms with van der Waals surface area (Å²) in [5, 5.41) is 6.60. The molecule has 2 amide bonds. The lowest BCUT2D eigenvalue weighted by Crippen LogP contribution is -2.23. The van der Waals surface area contributed by atoms with Crippen molar-refractivity contribution in [2.45, 2.75) is 13.3 Å². The minimum atomic E-state index is -0.283. The highest BCUT2D eigenvalue weighted by Crippen LogP contribution is 2.14. The molecule has 5 nitrogen and oxygen atoms in total. The fourth-order valence-corrected chi connectivity index (χ4v) is 2.43. The number of pyridine rings is 1. The van der Waals surface area contributed by atoms with Gasteiger partial charge in [0, 0.05) is 23.2 Å². The summed E-state index contributed by atoms with van der Waals surface area (Å²) in [5.74, 6) is -0.398. The molecule has 0 aliphatic heterocycles. The maximum absolute atomic E-state index is 12.4. The number of nitrogens with zero attached hydrogens (tertiary/aromatic N) is 1. The second-order valence-electron chi connectivity index (χ2n) is 5.68. The van der Waals surface area contributed by atoms with E-state index in [-0.39, 0.29) is 11.8 Å². The van der Waals surface area contributed by atoms with E-state index in [9.17, 15) is 9.59 Å². The van der Waals surface area contributed by atoms with Crippen LogP contribution in [-0.2, 0) is 0 Å². The highest BCUT2D eigenvalue weighted by atomic mass is 16.2. The minimum Gasteiger partial charge on any atom is -0.352 e. The van der Waals surface area contributed by atoms with Crippen LogP contribution >= 0.6 is 0 Å². The molecule has 0 aliphatic carbocycles. The van der Waals surface area contributed by atoms with Crippen molar-refractivity contribution in [1.29, 1.82) is 0 Å². The number of rotatable bonds is 5. The molecule has 0 fully saturated rings. The first-order valence-corrected chi connectivity index (χ1v) is 8.23. The van der Waals surface area contributed by atoms with Gasteiger partial charge in [0.1, 0.15) is 5.69 Å². The van der Waals surface area contributed by atoms with Gasteiger partial charge < -0.3 is 10.6 Å². The number of nitrogens with one attached hydrogen (secondary N) is 2. The van der Waals surface area contributed by atoms with E-state index in [0.29, 0.717) is 23.5 Å². The van der Waals surface area contributed by atoms with Crippen LogP contribution in [0.15, 0.2) is 60.7 Å². The quantitative estimate of drug-likeness (QED) is 0.749. The monoisotopic (exact) mass is 333 g/mol. The molecule has 2 N–H and O–H groups in total. The van der Waals surface area contributed by atoms with Crippen molar-refractivity contribution in [3.05, 3.63) is 71.9 Å². The Morgan fingerprint density at radius 3 is 2.44 bits per heavy atom. The zero-order valence-electron chi connectivity index (χ0n) is 14.0. The number of fused-ring (bicyclic) bond motifs is 1. The van der Waals surface area contributed by atoms with Gasteiger partial charge in [-0.15, -0.1) is 0 Å². The Balaban J connectivity index is 1.70. The van der Waals surface area contributed by atoms with E-state index in [4.69, 9.17) is 0 Å². The first-order chi connectivity index (χ1) is 12.2. The van der Waals surface area contributed by atoms with Crippen molar-refractivity contribution < 1.29 is 9.59 Å². The average molecular weight is 333 g/mol. The molecule has 3 aromatic rings. The standard InChI is InChI=1S/C20H19N3O2/c1-2-13-21-19(24)15-7-10-16(11-8-15)22-20(25)18-12-9-14-5-3-4-6-17(14)23-18/h3-12H,2,13H2,1H3,(H,21,24)(H,22,25). The molecule has 0 atom stereocenters. The summed E-state index contributed by atoms with van der Waals surface area (Å²) in [5.41, 5.74) is 2.31. The minimum absolute atomic E-state index is 0.115. The SMILES string of the molecule is CCCNC(=O)c1ccc(NC(=O)c2ccc3ccccc3n2)cc1. The van der Waals surface area contributed by atoms with Crippen molar-refractivity contribution in [2.24, 2.45) is 0 Å². The Morgan fingerprint density at radius 1 is 0.920 bits per heavy atom. The molecule has 0 saturated heterocycles. The maximum atomic E-state index is 12.4. The Bertz CT molecular complexity index is 904. The van der Waals surface area contributed by atoms with Crippen molar-refractivity contribution in [2.75, 3.05) is 11.9 Å². The van der Waals surface area contributed by atoms with E-state index >= 15 is 0 Å². The third-order valence-electron chi connectivity index (χ3n) is 3.77. The fourth-order valence-electron chi connectivity index (χ4n) is 2.43. The maximum Gasteiger partial charge on any atom is 0.274 e. The highest BCUT2D eigenvalue weighted by Gasteiger charge is 2.09. The third-order valence-corrected chi connectivity index (χ3v) is 3.77. The lowest BCUT2D eigenvalue weighted by molar-refractivity contribution is 0.0953. The molecular formula is C20H19N3O2. The number of carbonyl (C=O) groups is 2. The van der Waals surface area contributed by atoms with Crippen LogP contribution in [-0.4, -0.2) is 23.3 Å². The number of amides is 2. The number of aromatic nitrogens is 1. The molecule has 0 radical (unpaired) electrons. The van der Waals surface area contributed by atoms with E-state index < -0.39 is 0 Å². The van der Waals surface area contributed by atoms with Crippen LogP contribution in [0.1, 0.15) is 34.2 Å². The third kappa shape index (κ3) is 4.01. The summed E-state index contributed by atoms with van der Waals surface area (Å²) >= 11 is 0. The molecule has 0 saturated carbocycles. The summed E-state index contributed by atoms with van der Waals surface area (Å²) in [6.07, 6.45) is 0.888. The van der Waals surface area contributed by atoms with Crippen molar-refractivity contribution in [3.8, 4) is 0 Å². The summed E-state index contributed by atoms with van der Waals surface area (Å²) in [6.45, 7) is 2.64. The van der Waals surface area contributed by atoms with Crippen molar-refractivity contribution in [3.63, 3.8) is 0 Å². The van der Waals surface area contributed by atoms with Gasteiger partial charge in [-0.25, -0.2) is 4.98 Å². The molecule has 1 aromatic heterocycles. The molecule has 126 valence electrons. The topological polar surface area (TPSA) is 71.1 Å². The average Bonchev–Trinajstić information content (AvgIpc) is 2.66. The van der Waals surface area contributed by atoms with Crippen LogP contribution in [0, 0.1) is 0 Å².